The molecule has 1 fully saturated rings. The van der Waals surface area contributed by atoms with Crippen molar-refractivity contribution in [2.45, 2.75) is 42.0 Å². The summed E-state index contributed by atoms with van der Waals surface area (Å²) in [5, 5.41) is 3.49. The fourth-order valence-corrected chi connectivity index (χ4v) is 12.3. The van der Waals surface area contributed by atoms with Gasteiger partial charge in [0, 0.05) is 45.2 Å². The average Bonchev–Trinajstić information content (AvgIpc) is 3.70. The van der Waals surface area contributed by atoms with Crippen LogP contribution >= 0.6 is 11.8 Å². The lowest BCUT2D eigenvalue weighted by molar-refractivity contribution is 0.459. The molecule has 2 aliphatic carbocycles. The van der Waals surface area contributed by atoms with E-state index in [0.717, 1.165) is 51.9 Å². The molecule has 1 saturated heterocycles. The number of allylic oxidation sites excluding steroid dienone is 6. The van der Waals surface area contributed by atoms with E-state index in [1.807, 2.05) is 115 Å². The Kier molecular flexibility index (Phi) is 11.7. The number of hydrogen-bond acceptors (Lipinski definition) is 7. The van der Waals surface area contributed by atoms with Crippen LogP contribution in [0, 0.1) is 5.92 Å². The van der Waals surface area contributed by atoms with Gasteiger partial charge in [0.2, 0.25) is 0 Å². The number of aromatic nitrogens is 4. The maximum atomic E-state index is 5.18. The first kappa shape index (κ1) is 42.9. The molecule has 0 bridgehead atoms. The highest BCUT2D eigenvalue weighted by Gasteiger charge is 2.57. The Morgan fingerprint density at radius 2 is 1.32 bits per heavy atom. The molecular weight excluding hydrogens is 849 g/mol. The standard InChI is InChI=1S/C61H50N6S/c1-4-50-56(41(3)42-32-34-45(35-33-42)60-66-58(43-20-7-5-8-21-43)65-59(67-60)44-22-9-6-10-23-44)68-57-47(40(2)38-55(54-31-16-18-37-63-54)64-39-46-24-15-17-36-62-46)27-19-30-53(57)61(50)51-28-13-11-25-48(51)49-26-12-14-29-52(49)61/h4-18,20-26,28-37,39,50,54-56,63H,1-3,19,27,38H2. The normalized spacial score (nSPS) is 19.1. The molecular formula is C61H50N6S. The van der Waals surface area contributed by atoms with Gasteiger partial charge in [-0.25, -0.2) is 15.0 Å². The second kappa shape index (κ2) is 18.5. The topological polar surface area (TPSA) is 76.0 Å². The Balaban J connectivity index is 1.00. The first-order valence-electron chi connectivity index (χ1n) is 23.3. The molecule has 4 heterocycles. The molecule has 4 atom stereocenters. The highest BCUT2D eigenvalue weighted by Crippen LogP contribution is 2.67. The Labute approximate surface area is 403 Å². The maximum Gasteiger partial charge on any atom is 0.164 e. The predicted molar refractivity (Wildman–Crippen MR) is 282 cm³/mol. The zero-order chi connectivity index (χ0) is 46.0. The van der Waals surface area contributed by atoms with E-state index in [4.69, 9.17) is 33.1 Å². The largest absolute Gasteiger partial charge is 0.382 e. The minimum absolute atomic E-state index is 0.00731. The maximum absolute atomic E-state index is 5.18. The van der Waals surface area contributed by atoms with Crippen LogP contribution in [0.3, 0.4) is 0 Å². The van der Waals surface area contributed by atoms with Gasteiger partial charge in [-0.15, -0.1) is 18.3 Å². The van der Waals surface area contributed by atoms with E-state index in [-0.39, 0.29) is 23.3 Å². The quantitative estimate of drug-likeness (QED) is 0.0973. The van der Waals surface area contributed by atoms with Crippen LogP contribution in [0.5, 0.6) is 0 Å². The number of thioether (sulfide) groups is 1. The van der Waals surface area contributed by atoms with Crippen LogP contribution < -0.4 is 5.32 Å². The molecule has 6 nitrogen and oxygen atoms in total. The molecule has 68 heavy (non-hydrogen) atoms. The molecule has 7 heteroatoms. The molecule has 2 aromatic heterocycles. The van der Waals surface area contributed by atoms with Crippen LogP contribution in [0.15, 0.2) is 241 Å². The SMILES string of the molecule is C=CC1C(C(=C)c2ccc(-c3nc(-c4ccccc4)nc(-c4ccccc4)n3)cc2)SC2=C(C(=C)CC(N=Cc3ccccn3)C3C=CC=CN3)CCC=C2C12c1ccccc1-c1ccccc12. The second-order valence-corrected chi connectivity index (χ2v) is 18.8. The summed E-state index contributed by atoms with van der Waals surface area (Å²) >= 11 is 1.93. The number of rotatable bonds is 12. The van der Waals surface area contributed by atoms with Crippen molar-refractivity contribution < 1.29 is 0 Å². The van der Waals surface area contributed by atoms with Gasteiger partial charge in [0.15, 0.2) is 17.5 Å². The summed E-state index contributed by atoms with van der Waals surface area (Å²) in [5.41, 5.74) is 14.1. The molecule has 11 rings (SSSR count). The van der Waals surface area contributed by atoms with E-state index >= 15 is 0 Å². The number of nitrogens with zero attached hydrogens (tertiary/aromatic N) is 5. The predicted octanol–water partition coefficient (Wildman–Crippen LogP) is 13.6. The van der Waals surface area contributed by atoms with Gasteiger partial charge in [0.05, 0.1) is 23.2 Å². The van der Waals surface area contributed by atoms with E-state index in [2.05, 4.69) is 114 Å². The van der Waals surface area contributed by atoms with E-state index in [0.29, 0.717) is 23.9 Å². The summed E-state index contributed by atoms with van der Waals surface area (Å²) in [6, 6.07) is 52.6. The lowest BCUT2D eigenvalue weighted by atomic mass is 9.60. The van der Waals surface area contributed by atoms with Crippen molar-refractivity contribution in [1.29, 1.82) is 0 Å². The third kappa shape index (κ3) is 7.72. The molecule has 330 valence electrons. The number of hydrogen-bond donors (Lipinski definition) is 1. The first-order chi connectivity index (χ1) is 33.5. The van der Waals surface area contributed by atoms with E-state index in [1.165, 1.54) is 38.3 Å². The van der Waals surface area contributed by atoms with Gasteiger partial charge in [-0.3, -0.25) is 9.98 Å². The van der Waals surface area contributed by atoms with Crippen molar-refractivity contribution in [1.82, 2.24) is 25.3 Å². The van der Waals surface area contributed by atoms with Crippen LogP contribution in [0.4, 0.5) is 0 Å². The molecule has 5 aromatic carbocycles. The van der Waals surface area contributed by atoms with E-state index < -0.39 is 5.41 Å². The lowest BCUT2D eigenvalue weighted by Crippen LogP contribution is -2.46. The Morgan fingerprint density at radius 3 is 1.91 bits per heavy atom. The smallest absolute Gasteiger partial charge is 0.164 e. The van der Waals surface area contributed by atoms with Gasteiger partial charge in [-0.2, -0.15) is 0 Å². The molecule has 4 aliphatic rings. The first-order valence-corrected chi connectivity index (χ1v) is 24.2. The molecule has 1 N–H and O–H groups in total. The monoisotopic (exact) mass is 898 g/mol. The third-order valence-electron chi connectivity index (χ3n) is 13.8. The Morgan fingerprint density at radius 1 is 0.721 bits per heavy atom. The Hall–Kier alpha value is -7.74. The van der Waals surface area contributed by atoms with Crippen LogP contribution in [0.2, 0.25) is 0 Å². The van der Waals surface area contributed by atoms with Crippen molar-refractivity contribution in [2.24, 2.45) is 10.9 Å². The fourth-order valence-electron chi connectivity index (χ4n) is 10.6. The zero-order valence-corrected chi connectivity index (χ0v) is 38.6. The minimum atomic E-state index is -0.503. The lowest BCUT2D eigenvalue weighted by Gasteiger charge is -2.51. The third-order valence-corrected chi connectivity index (χ3v) is 15.3. The van der Waals surface area contributed by atoms with Gasteiger partial charge in [0.25, 0.3) is 0 Å². The summed E-state index contributed by atoms with van der Waals surface area (Å²) in [4.78, 5) is 26.0. The number of pyridine rings is 1. The molecule has 0 saturated carbocycles. The van der Waals surface area contributed by atoms with Gasteiger partial charge in [-0.05, 0) is 93.8 Å². The summed E-state index contributed by atoms with van der Waals surface area (Å²) in [6.45, 7) is 14.5. The zero-order valence-electron chi connectivity index (χ0n) is 37.7. The summed E-state index contributed by atoms with van der Waals surface area (Å²) in [7, 11) is 0. The van der Waals surface area contributed by atoms with Crippen LogP contribution in [0.25, 0.3) is 50.9 Å². The number of nitrogens with one attached hydrogen (secondary N) is 1. The molecule has 1 spiro atoms. The van der Waals surface area contributed by atoms with Gasteiger partial charge in [-0.1, -0.05) is 177 Å². The number of aliphatic imine (C=N–C) groups is 1. The average molecular weight is 899 g/mol. The van der Waals surface area contributed by atoms with Crippen LogP contribution in [0.1, 0.15) is 41.6 Å². The van der Waals surface area contributed by atoms with Crippen molar-refractivity contribution in [2.75, 3.05) is 0 Å². The van der Waals surface area contributed by atoms with Crippen LogP contribution in [-0.4, -0.2) is 43.5 Å². The molecule has 2 aliphatic heterocycles. The summed E-state index contributed by atoms with van der Waals surface area (Å²) in [6.07, 6.45) is 19.2. The van der Waals surface area contributed by atoms with Gasteiger partial charge >= 0.3 is 0 Å². The van der Waals surface area contributed by atoms with E-state index in [1.54, 1.807) is 0 Å². The van der Waals surface area contributed by atoms with Crippen molar-refractivity contribution >= 4 is 23.5 Å². The highest BCUT2D eigenvalue weighted by atomic mass is 32.2. The Bertz CT molecular complexity index is 3120. The molecule has 4 unspecified atom stereocenters. The number of fused-ring (bicyclic) bond motifs is 7. The molecule has 7 aromatic rings. The highest BCUT2D eigenvalue weighted by molar-refractivity contribution is 8.04. The summed E-state index contributed by atoms with van der Waals surface area (Å²) in [5.74, 6) is 1.85. The number of benzene rings is 5. The summed E-state index contributed by atoms with van der Waals surface area (Å²) < 4.78 is 0. The minimum Gasteiger partial charge on any atom is -0.382 e. The van der Waals surface area contributed by atoms with Crippen LogP contribution in [-0.2, 0) is 5.41 Å². The second-order valence-electron chi connectivity index (χ2n) is 17.6. The molecule has 0 amide bonds. The van der Waals surface area contributed by atoms with Crippen molar-refractivity contribution in [3.63, 3.8) is 0 Å². The van der Waals surface area contributed by atoms with Crippen molar-refractivity contribution in [3.8, 4) is 45.3 Å². The van der Waals surface area contributed by atoms with Crippen molar-refractivity contribution in [3.05, 3.63) is 258 Å². The van der Waals surface area contributed by atoms with E-state index in [9.17, 15) is 0 Å². The van der Waals surface area contributed by atoms with Gasteiger partial charge < -0.3 is 5.32 Å². The fraction of sp³-hybridized carbons (Fsp3) is 0.131. The molecule has 0 radical (unpaired) electrons. The van der Waals surface area contributed by atoms with Gasteiger partial charge in [0.1, 0.15) is 0 Å². The number of dihydropyridines is 1.